The molecule has 0 unspecified atom stereocenters. The lowest BCUT2D eigenvalue weighted by Gasteiger charge is -2.00. The normalized spacial score (nSPS) is 11.6. The van der Waals surface area contributed by atoms with Crippen molar-refractivity contribution >= 4 is 22.3 Å². The first-order chi connectivity index (χ1) is 10.6. The van der Waals surface area contributed by atoms with Gasteiger partial charge in [-0.2, -0.15) is 5.11 Å². The van der Waals surface area contributed by atoms with E-state index in [1.165, 1.54) is 11.1 Å². The molecule has 0 atom stereocenters. The smallest absolute Gasteiger partial charge is 0.218 e. The number of nitrogens with one attached hydrogen (secondary N) is 1. The van der Waals surface area contributed by atoms with Crippen molar-refractivity contribution in [1.29, 1.82) is 0 Å². The Hall–Kier alpha value is -2.62. The SMILES string of the molecule is CCc1ccc2[nH]c(O)c(N=Nc3ccc(C)cc3C)c2c1. The van der Waals surface area contributed by atoms with Crippen molar-refractivity contribution in [2.45, 2.75) is 27.2 Å². The summed E-state index contributed by atoms with van der Waals surface area (Å²) < 4.78 is 0. The predicted molar refractivity (Wildman–Crippen MR) is 89.4 cm³/mol. The number of nitrogens with zero attached hydrogens (tertiary/aromatic N) is 2. The van der Waals surface area contributed by atoms with Crippen molar-refractivity contribution in [2.24, 2.45) is 10.2 Å². The molecule has 0 saturated carbocycles. The van der Waals surface area contributed by atoms with Gasteiger partial charge >= 0.3 is 0 Å². The lowest BCUT2D eigenvalue weighted by molar-refractivity contribution is 0.459. The fourth-order valence-electron chi connectivity index (χ4n) is 2.55. The molecule has 0 fully saturated rings. The van der Waals surface area contributed by atoms with Crippen LogP contribution in [-0.4, -0.2) is 10.1 Å². The number of azo groups is 1. The molecule has 0 spiro atoms. The molecule has 1 heterocycles. The Morgan fingerprint density at radius 2 is 1.86 bits per heavy atom. The van der Waals surface area contributed by atoms with E-state index in [-0.39, 0.29) is 5.88 Å². The maximum absolute atomic E-state index is 10.1. The minimum Gasteiger partial charge on any atom is -0.493 e. The third-order valence-electron chi connectivity index (χ3n) is 3.83. The van der Waals surface area contributed by atoms with Gasteiger partial charge in [-0.1, -0.05) is 30.7 Å². The minimum atomic E-state index is 0.0526. The van der Waals surface area contributed by atoms with Crippen LogP contribution in [0.3, 0.4) is 0 Å². The Balaban J connectivity index is 2.06. The summed E-state index contributed by atoms with van der Waals surface area (Å²) in [5.41, 5.74) is 5.63. The van der Waals surface area contributed by atoms with Crippen molar-refractivity contribution in [1.82, 2.24) is 4.98 Å². The summed E-state index contributed by atoms with van der Waals surface area (Å²) in [6, 6.07) is 12.1. The van der Waals surface area contributed by atoms with Crippen LogP contribution in [0.5, 0.6) is 5.88 Å². The third kappa shape index (κ3) is 2.60. The quantitative estimate of drug-likeness (QED) is 0.618. The zero-order valence-electron chi connectivity index (χ0n) is 13.0. The zero-order chi connectivity index (χ0) is 15.7. The second-order valence-corrected chi connectivity index (χ2v) is 5.55. The molecule has 3 aromatic rings. The Morgan fingerprint density at radius 3 is 2.59 bits per heavy atom. The molecule has 4 nitrogen and oxygen atoms in total. The van der Waals surface area contributed by atoms with Gasteiger partial charge in [-0.05, 0) is 49.6 Å². The molecule has 0 aliphatic rings. The van der Waals surface area contributed by atoms with Gasteiger partial charge in [0, 0.05) is 5.39 Å². The van der Waals surface area contributed by atoms with Crippen LogP contribution < -0.4 is 0 Å². The lowest BCUT2D eigenvalue weighted by atomic mass is 10.1. The Labute approximate surface area is 129 Å². The highest BCUT2D eigenvalue weighted by Gasteiger charge is 2.11. The Bertz CT molecular complexity index is 862. The van der Waals surface area contributed by atoms with Crippen molar-refractivity contribution < 1.29 is 5.11 Å². The second-order valence-electron chi connectivity index (χ2n) is 5.55. The van der Waals surface area contributed by atoms with Gasteiger partial charge in [-0.15, -0.1) is 5.11 Å². The first-order valence-corrected chi connectivity index (χ1v) is 7.41. The fraction of sp³-hybridized carbons (Fsp3) is 0.222. The van der Waals surface area contributed by atoms with Gasteiger partial charge in [0.2, 0.25) is 5.88 Å². The first kappa shape index (κ1) is 14.3. The van der Waals surface area contributed by atoms with E-state index >= 15 is 0 Å². The Kier molecular flexibility index (Phi) is 3.67. The zero-order valence-corrected chi connectivity index (χ0v) is 13.0. The van der Waals surface area contributed by atoms with E-state index in [0.717, 1.165) is 28.6 Å². The summed E-state index contributed by atoms with van der Waals surface area (Å²) in [7, 11) is 0. The van der Waals surface area contributed by atoms with Crippen LogP contribution >= 0.6 is 0 Å². The molecule has 1 aromatic heterocycles. The molecular weight excluding hydrogens is 274 g/mol. The molecule has 22 heavy (non-hydrogen) atoms. The number of fused-ring (bicyclic) bond motifs is 1. The van der Waals surface area contributed by atoms with Crippen LogP contribution in [0.2, 0.25) is 0 Å². The summed E-state index contributed by atoms with van der Waals surface area (Å²) >= 11 is 0. The number of hydrogen-bond donors (Lipinski definition) is 2. The fourth-order valence-corrected chi connectivity index (χ4v) is 2.55. The molecule has 0 aliphatic heterocycles. The summed E-state index contributed by atoms with van der Waals surface area (Å²) in [5.74, 6) is 0.0526. The minimum absolute atomic E-state index is 0.0526. The molecule has 3 rings (SSSR count). The van der Waals surface area contributed by atoms with Gasteiger partial charge in [0.15, 0.2) is 5.69 Å². The van der Waals surface area contributed by atoms with Gasteiger partial charge in [-0.25, -0.2) is 0 Å². The molecular formula is C18H19N3O. The van der Waals surface area contributed by atoms with Crippen LogP contribution in [0, 0.1) is 13.8 Å². The number of rotatable bonds is 3. The van der Waals surface area contributed by atoms with Crippen LogP contribution in [0.4, 0.5) is 11.4 Å². The molecule has 0 amide bonds. The van der Waals surface area contributed by atoms with E-state index in [9.17, 15) is 5.11 Å². The molecule has 112 valence electrons. The first-order valence-electron chi connectivity index (χ1n) is 7.41. The molecule has 2 aromatic carbocycles. The van der Waals surface area contributed by atoms with Gasteiger partial charge in [0.25, 0.3) is 0 Å². The van der Waals surface area contributed by atoms with Crippen LogP contribution in [-0.2, 0) is 6.42 Å². The monoisotopic (exact) mass is 293 g/mol. The summed E-state index contributed by atoms with van der Waals surface area (Å²) in [5, 5.41) is 19.5. The average molecular weight is 293 g/mol. The van der Waals surface area contributed by atoms with Crippen molar-refractivity contribution in [3.63, 3.8) is 0 Å². The maximum atomic E-state index is 10.1. The summed E-state index contributed by atoms with van der Waals surface area (Å²) in [6.45, 7) is 6.15. The summed E-state index contributed by atoms with van der Waals surface area (Å²) in [4.78, 5) is 2.94. The lowest BCUT2D eigenvalue weighted by Crippen LogP contribution is -1.78. The number of aromatic amines is 1. The van der Waals surface area contributed by atoms with Crippen molar-refractivity contribution in [2.75, 3.05) is 0 Å². The van der Waals surface area contributed by atoms with E-state index in [1.807, 2.05) is 44.2 Å². The molecule has 2 N–H and O–H groups in total. The molecule has 0 bridgehead atoms. The topological polar surface area (TPSA) is 60.7 Å². The van der Waals surface area contributed by atoms with E-state index in [0.29, 0.717) is 5.69 Å². The van der Waals surface area contributed by atoms with Crippen LogP contribution in [0.1, 0.15) is 23.6 Å². The predicted octanol–water partition coefficient (Wildman–Crippen LogP) is 5.47. The molecule has 4 heteroatoms. The third-order valence-corrected chi connectivity index (χ3v) is 3.83. The van der Waals surface area contributed by atoms with Crippen molar-refractivity contribution in [3.8, 4) is 5.88 Å². The van der Waals surface area contributed by atoms with Gasteiger partial charge in [0.1, 0.15) is 0 Å². The molecule has 0 radical (unpaired) electrons. The largest absolute Gasteiger partial charge is 0.493 e. The standard InChI is InChI=1S/C18H19N3O/c1-4-13-6-8-16-14(10-13)17(18(22)19-16)21-20-15-7-5-11(2)9-12(15)3/h5-10,19,22H,4H2,1-3H3. The number of aromatic hydroxyl groups is 1. The van der Waals surface area contributed by atoms with E-state index in [4.69, 9.17) is 0 Å². The van der Waals surface area contributed by atoms with Crippen LogP contribution in [0.15, 0.2) is 46.6 Å². The van der Waals surface area contributed by atoms with Gasteiger partial charge in [0.05, 0.1) is 11.2 Å². The van der Waals surface area contributed by atoms with E-state index in [2.05, 4.69) is 28.2 Å². The van der Waals surface area contributed by atoms with E-state index < -0.39 is 0 Å². The second kappa shape index (κ2) is 5.64. The molecule has 0 aliphatic carbocycles. The van der Waals surface area contributed by atoms with Gasteiger partial charge in [-0.3, -0.25) is 0 Å². The highest BCUT2D eigenvalue weighted by Crippen LogP contribution is 2.37. The highest BCUT2D eigenvalue weighted by atomic mass is 16.3. The Morgan fingerprint density at radius 1 is 1.05 bits per heavy atom. The summed E-state index contributed by atoms with van der Waals surface area (Å²) in [6.07, 6.45) is 0.940. The number of H-pyrrole nitrogens is 1. The number of aryl methyl sites for hydroxylation is 3. The number of aromatic nitrogens is 1. The number of benzene rings is 2. The van der Waals surface area contributed by atoms with Crippen LogP contribution in [0.25, 0.3) is 10.9 Å². The average Bonchev–Trinajstić information content (AvgIpc) is 2.81. The number of hydrogen-bond acceptors (Lipinski definition) is 3. The maximum Gasteiger partial charge on any atom is 0.218 e. The van der Waals surface area contributed by atoms with Crippen molar-refractivity contribution in [3.05, 3.63) is 53.1 Å². The molecule has 0 saturated heterocycles. The van der Waals surface area contributed by atoms with E-state index in [1.54, 1.807) is 0 Å². The highest BCUT2D eigenvalue weighted by molar-refractivity contribution is 5.94. The van der Waals surface area contributed by atoms with Gasteiger partial charge < -0.3 is 10.1 Å².